The summed E-state index contributed by atoms with van der Waals surface area (Å²) in [5.41, 5.74) is 2.81. The van der Waals surface area contributed by atoms with Gasteiger partial charge in [0.2, 0.25) is 0 Å². The van der Waals surface area contributed by atoms with Gasteiger partial charge in [0.1, 0.15) is 18.9 Å². The van der Waals surface area contributed by atoms with Crippen molar-refractivity contribution in [1.82, 2.24) is 4.90 Å². The number of benzene rings is 1. The number of nitrogens with zero attached hydrogens (tertiary/aromatic N) is 1. The maximum Gasteiger partial charge on any atom is 0.411 e. The average Bonchev–Trinajstić information content (AvgIpc) is 2.51. The zero-order valence-corrected chi connectivity index (χ0v) is 15.2. The average molecular weight is 331 g/mol. The molecule has 0 aromatic heterocycles. The number of esters is 1. The molecule has 1 aromatic carbocycles. The number of hydrogen-bond donors (Lipinski definition) is 0. The second-order valence-electron chi connectivity index (χ2n) is 7.20. The predicted octanol–water partition coefficient (Wildman–Crippen LogP) is 2.51. The third-order valence-electron chi connectivity index (χ3n) is 4.04. The summed E-state index contributed by atoms with van der Waals surface area (Å²) in [6, 6.07) is 5.63. The molecule has 5 nitrogen and oxygen atoms in total. The highest BCUT2D eigenvalue weighted by Gasteiger charge is 2.37. The van der Waals surface area contributed by atoms with Gasteiger partial charge in [-0.3, -0.25) is 4.90 Å². The smallest absolute Gasteiger partial charge is 0.411 e. The van der Waals surface area contributed by atoms with Crippen LogP contribution in [0.15, 0.2) is 18.2 Å². The lowest BCUT2D eigenvalue weighted by Crippen LogP contribution is -2.50. The van der Waals surface area contributed by atoms with Crippen LogP contribution in [-0.4, -0.2) is 43.0 Å². The Balaban J connectivity index is 2.30. The normalized spacial score (nSPS) is 17.0. The van der Waals surface area contributed by atoms with E-state index in [0.29, 0.717) is 13.0 Å². The van der Waals surface area contributed by atoms with E-state index in [4.69, 9.17) is 9.47 Å². The predicted molar refractivity (Wildman–Crippen MR) is 94.4 cm³/mol. The molecule has 24 heavy (non-hydrogen) atoms. The van der Waals surface area contributed by atoms with Crippen LogP contribution in [0.5, 0.6) is 0 Å². The van der Waals surface area contributed by atoms with Crippen molar-refractivity contribution in [3.05, 3.63) is 34.9 Å². The minimum Gasteiger partial charge on any atom is -0.467 e. The Morgan fingerprint density at radius 2 is 2.00 bits per heavy atom. The van der Waals surface area contributed by atoms with Crippen LogP contribution in [0.4, 0.5) is 4.79 Å². The van der Waals surface area contributed by atoms with Gasteiger partial charge in [-0.1, -0.05) is 36.9 Å². The van der Waals surface area contributed by atoms with Crippen molar-refractivity contribution < 1.29 is 19.1 Å². The largest absolute Gasteiger partial charge is 0.467 e. The second-order valence-corrected chi connectivity index (χ2v) is 7.20. The van der Waals surface area contributed by atoms with Gasteiger partial charge in [-0.25, -0.2) is 9.59 Å². The highest BCUT2D eigenvalue weighted by Crippen LogP contribution is 2.27. The van der Waals surface area contributed by atoms with Gasteiger partial charge < -0.3 is 9.47 Å². The van der Waals surface area contributed by atoms with E-state index in [1.165, 1.54) is 17.6 Å². The summed E-state index contributed by atoms with van der Waals surface area (Å²) in [4.78, 5) is 26.2. The Bertz CT molecular complexity index is 624. The molecule has 0 unspecified atom stereocenters. The first kappa shape index (κ1) is 18.4. The third kappa shape index (κ3) is 4.31. The number of fused-ring (bicyclic) bond motifs is 1. The zero-order valence-electron chi connectivity index (χ0n) is 15.2. The van der Waals surface area contributed by atoms with E-state index in [1.54, 1.807) is 0 Å². The van der Waals surface area contributed by atoms with E-state index >= 15 is 0 Å². The minimum absolute atomic E-state index is 0.358. The van der Waals surface area contributed by atoms with E-state index in [-0.39, 0.29) is 0 Å². The molecule has 0 spiro atoms. The first-order chi connectivity index (χ1) is 11.2. The summed E-state index contributed by atoms with van der Waals surface area (Å²) < 4.78 is 10.4. The number of amides is 1. The molecule has 1 aliphatic rings. The molecule has 0 saturated heterocycles. The SMILES string of the molecule is CBCc1ccc2c(c1)C[C@@H](C(=O)OC)N(C(=O)OC(C)(C)C)C2. The maximum atomic E-state index is 12.5. The minimum atomic E-state index is -0.644. The molecular weight excluding hydrogens is 305 g/mol. The summed E-state index contributed by atoms with van der Waals surface area (Å²) in [6.07, 6.45) is 0.978. The number of carbonyl (C=O) groups is 2. The quantitative estimate of drug-likeness (QED) is 0.631. The summed E-state index contributed by atoms with van der Waals surface area (Å²) in [5, 5.41) is 0. The summed E-state index contributed by atoms with van der Waals surface area (Å²) in [5.74, 6) is -0.410. The van der Waals surface area contributed by atoms with E-state index in [9.17, 15) is 9.59 Å². The molecule has 0 bridgehead atoms. The molecule has 2 rings (SSSR count). The fourth-order valence-corrected chi connectivity index (χ4v) is 2.94. The van der Waals surface area contributed by atoms with Gasteiger partial charge in [0.05, 0.1) is 13.7 Å². The van der Waals surface area contributed by atoms with Gasteiger partial charge in [-0.2, -0.15) is 0 Å². The molecule has 1 aromatic rings. The van der Waals surface area contributed by atoms with Crippen molar-refractivity contribution in [3.63, 3.8) is 0 Å². The van der Waals surface area contributed by atoms with E-state index in [2.05, 4.69) is 19.0 Å². The number of methoxy groups -OCH3 is 1. The van der Waals surface area contributed by atoms with Gasteiger partial charge in [0, 0.05) is 6.42 Å². The lowest BCUT2D eigenvalue weighted by atomic mass is 9.74. The molecule has 130 valence electrons. The van der Waals surface area contributed by atoms with Crippen LogP contribution >= 0.6 is 0 Å². The molecule has 0 fully saturated rings. The van der Waals surface area contributed by atoms with Crippen LogP contribution < -0.4 is 0 Å². The molecule has 0 aliphatic carbocycles. The van der Waals surface area contributed by atoms with Crippen LogP contribution in [0.2, 0.25) is 6.82 Å². The number of carbonyl (C=O) groups excluding carboxylic acids is 2. The van der Waals surface area contributed by atoms with Gasteiger partial charge in [-0.05, 0) is 31.9 Å². The van der Waals surface area contributed by atoms with Crippen molar-refractivity contribution in [2.75, 3.05) is 7.11 Å². The Kier molecular flexibility index (Phi) is 5.57. The fourth-order valence-electron chi connectivity index (χ4n) is 2.94. The van der Waals surface area contributed by atoms with Crippen molar-refractivity contribution >= 4 is 19.3 Å². The first-order valence-corrected chi connectivity index (χ1v) is 8.43. The number of rotatable bonds is 3. The van der Waals surface area contributed by atoms with E-state index in [0.717, 1.165) is 24.7 Å². The van der Waals surface area contributed by atoms with Gasteiger partial charge in [0.15, 0.2) is 0 Å². The topological polar surface area (TPSA) is 55.8 Å². The third-order valence-corrected chi connectivity index (χ3v) is 4.04. The first-order valence-electron chi connectivity index (χ1n) is 8.43. The van der Waals surface area contributed by atoms with E-state index in [1.807, 2.05) is 26.8 Å². The Hall–Kier alpha value is -1.98. The van der Waals surface area contributed by atoms with Gasteiger partial charge in [0.25, 0.3) is 0 Å². The number of ether oxygens (including phenoxy) is 2. The zero-order chi connectivity index (χ0) is 17.9. The van der Waals surface area contributed by atoms with Crippen molar-refractivity contribution in [2.45, 2.75) is 58.5 Å². The Morgan fingerprint density at radius 1 is 1.29 bits per heavy atom. The highest BCUT2D eigenvalue weighted by atomic mass is 16.6. The fraction of sp³-hybridized carbons (Fsp3) is 0.556. The lowest BCUT2D eigenvalue weighted by molar-refractivity contribution is -0.147. The molecule has 1 heterocycles. The molecule has 1 aliphatic heterocycles. The van der Waals surface area contributed by atoms with Crippen LogP contribution in [0.3, 0.4) is 0 Å². The summed E-state index contributed by atoms with van der Waals surface area (Å²) in [7, 11) is 2.42. The molecule has 1 atom stereocenters. The van der Waals surface area contributed by atoms with Crippen LogP contribution in [-0.2, 0) is 33.6 Å². The van der Waals surface area contributed by atoms with Crippen molar-refractivity contribution in [1.29, 1.82) is 0 Å². The van der Waals surface area contributed by atoms with Crippen molar-refractivity contribution in [3.8, 4) is 0 Å². The lowest BCUT2D eigenvalue weighted by Gasteiger charge is -2.36. The molecule has 1 amide bonds. The van der Waals surface area contributed by atoms with Crippen LogP contribution in [0.1, 0.15) is 37.5 Å². The van der Waals surface area contributed by atoms with Crippen molar-refractivity contribution in [2.24, 2.45) is 0 Å². The highest BCUT2D eigenvalue weighted by molar-refractivity contribution is 6.32. The van der Waals surface area contributed by atoms with E-state index < -0.39 is 23.7 Å². The van der Waals surface area contributed by atoms with Crippen LogP contribution in [0.25, 0.3) is 0 Å². The summed E-state index contributed by atoms with van der Waals surface area (Å²) in [6.45, 7) is 7.93. The maximum absolute atomic E-state index is 12.5. The standard InChI is InChI=1S/C18H26BNO4/c1-18(2,3)24-17(22)20-11-13-7-6-12(10-19-4)8-14(13)9-15(20)16(21)23-5/h6-8,15,19H,9-11H2,1-5H3/t15-/m0/s1. The molecule has 6 heteroatoms. The molecule has 0 radical (unpaired) electrons. The number of hydrogen-bond acceptors (Lipinski definition) is 4. The second kappa shape index (κ2) is 7.28. The summed E-state index contributed by atoms with van der Waals surface area (Å²) >= 11 is 0. The molecule has 0 saturated carbocycles. The van der Waals surface area contributed by atoms with Crippen LogP contribution in [0, 0.1) is 0 Å². The molecule has 0 N–H and O–H groups in total. The molecular formula is C18H26BNO4. The van der Waals surface area contributed by atoms with Gasteiger partial charge >= 0.3 is 12.1 Å². The van der Waals surface area contributed by atoms with Gasteiger partial charge in [-0.15, -0.1) is 0 Å². The Labute approximate surface area is 144 Å². The monoisotopic (exact) mass is 331 g/mol. The Morgan fingerprint density at radius 3 is 2.58 bits per heavy atom.